The Morgan fingerprint density at radius 1 is 1.00 bits per heavy atom. The average molecular weight is 361 g/mol. The van der Waals surface area contributed by atoms with Crippen LogP contribution in [-0.2, 0) is 0 Å². The SMILES string of the molecule is COc1cccc(-c2nn(-c3ccccc3)cc2C(=O)N2CCCCC2)c1. The van der Waals surface area contributed by atoms with Crippen molar-refractivity contribution >= 4 is 5.91 Å². The highest BCUT2D eigenvalue weighted by Crippen LogP contribution is 2.28. The van der Waals surface area contributed by atoms with Crippen molar-refractivity contribution in [3.8, 4) is 22.7 Å². The number of aromatic nitrogens is 2. The van der Waals surface area contributed by atoms with Crippen molar-refractivity contribution in [3.63, 3.8) is 0 Å². The van der Waals surface area contributed by atoms with Crippen LogP contribution in [0.25, 0.3) is 16.9 Å². The Labute approximate surface area is 159 Å². The lowest BCUT2D eigenvalue weighted by Crippen LogP contribution is -2.35. The van der Waals surface area contributed by atoms with Crippen LogP contribution in [-0.4, -0.2) is 40.8 Å². The van der Waals surface area contributed by atoms with E-state index in [9.17, 15) is 4.79 Å². The van der Waals surface area contributed by atoms with Crippen LogP contribution in [0.3, 0.4) is 0 Å². The summed E-state index contributed by atoms with van der Waals surface area (Å²) in [6.45, 7) is 1.62. The molecule has 0 aliphatic carbocycles. The molecule has 0 N–H and O–H groups in total. The van der Waals surface area contributed by atoms with Crippen molar-refractivity contribution in [2.24, 2.45) is 0 Å². The Kier molecular flexibility index (Phi) is 4.92. The Hall–Kier alpha value is -3.08. The number of para-hydroxylation sites is 1. The lowest BCUT2D eigenvalue weighted by Gasteiger charge is -2.26. The lowest BCUT2D eigenvalue weighted by molar-refractivity contribution is 0.0725. The molecule has 2 aromatic carbocycles. The minimum atomic E-state index is 0.0506. The van der Waals surface area contributed by atoms with Crippen LogP contribution in [0.1, 0.15) is 29.6 Å². The van der Waals surface area contributed by atoms with E-state index in [0.717, 1.165) is 42.9 Å². The smallest absolute Gasteiger partial charge is 0.257 e. The van der Waals surface area contributed by atoms with Gasteiger partial charge in [0.15, 0.2) is 0 Å². The summed E-state index contributed by atoms with van der Waals surface area (Å²) >= 11 is 0. The molecule has 5 nitrogen and oxygen atoms in total. The summed E-state index contributed by atoms with van der Waals surface area (Å²) in [5, 5.41) is 4.76. The molecule has 3 aromatic rings. The van der Waals surface area contributed by atoms with Gasteiger partial charge in [-0.2, -0.15) is 5.10 Å². The maximum atomic E-state index is 13.2. The predicted molar refractivity (Wildman–Crippen MR) is 105 cm³/mol. The molecule has 0 bridgehead atoms. The molecule has 0 unspecified atom stereocenters. The molecule has 0 spiro atoms. The normalized spacial score (nSPS) is 14.2. The number of nitrogens with zero attached hydrogens (tertiary/aromatic N) is 3. The topological polar surface area (TPSA) is 47.4 Å². The van der Waals surface area contributed by atoms with Gasteiger partial charge in [-0.25, -0.2) is 4.68 Å². The van der Waals surface area contributed by atoms with Crippen LogP contribution in [0.2, 0.25) is 0 Å². The predicted octanol–water partition coefficient (Wildman–Crippen LogP) is 4.17. The number of hydrogen-bond donors (Lipinski definition) is 0. The first kappa shape index (κ1) is 17.3. The minimum absolute atomic E-state index is 0.0506. The van der Waals surface area contributed by atoms with Crippen LogP contribution in [0, 0.1) is 0 Å². The molecule has 1 aromatic heterocycles. The van der Waals surface area contributed by atoms with E-state index in [1.807, 2.05) is 65.7 Å². The first-order chi connectivity index (χ1) is 13.3. The third kappa shape index (κ3) is 3.58. The standard InChI is InChI=1S/C22H23N3O2/c1-27-19-12-8-9-17(15-19)21-20(22(26)24-13-6-3-7-14-24)16-25(23-21)18-10-4-2-5-11-18/h2,4-5,8-12,15-16H,3,6-7,13-14H2,1H3. The van der Waals surface area contributed by atoms with E-state index in [2.05, 4.69) is 0 Å². The molecule has 1 aliphatic heterocycles. The fourth-order valence-corrected chi connectivity index (χ4v) is 3.49. The Morgan fingerprint density at radius 2 is 1.78 bits per heavy atom. The second kappa shape index (κ2) is 7.66. The van der Waals surface area contributed by atoms with E-state index in [4.69, 9.17) is 9.84 Å². The molecular formula is C22H23N3O2. The highest BCUT2D eigenvalue weighted by Gasteiger charge is 2.24. The van der Waals surface area contributed by atoms with E-state index in [1.165, 1.54) is 6.42 Å². The number of benzene rings is 2. The molecule has 4 rings (SSSR count). The zero-order chi connectivity index (χ0) is 18.6. The van der Waals surface area contributed by atoms with Gasteiger partial charge in [-0.3, -0.25) is 4.79 Å². The van der Waals surface area contributed by atoms with E-state index in [1.54, 1.807) is 11.8 Å². The third-order valence-electron chi connectivity index (χ3n) is 4.95. The zero-order valence-electron chi connectivity index (χ0n) is 15.5. The number of carbonyl (C=O) groups excluding carboxylic acids is 1. The lowest BCUT2D eigenvalue weighted by atomic mass is 10.1. The number of rotatable bonds is 4. The molecule has 1 aliphatic rings. The van der Waals surface area contributed by atoms with Crippen molar-refractivity contribution in [2.75, 3.05) is 20.2 Å². The van der Waals surface area contributed by atoms with Crippen molar-refractivity contribution in [1.82, 2.24) is 14.7 Å². The fraction of sp³-hybridized carbons (Fsp3) is 0.273. The average Bonchev–Trinajstić information content (AvgIpc) is 3.20. The maximum absolute atomic E-state index is 13.2. The molecular weight excluding hydrogens is 338 g/mol. The summed E-state index contributed by atoms with van der Waals surface area (Å²) in [5.74, 6) is 0.799. The summed E-state index contributed by atoms with van der Waals surface area (Å²) in [6, 6.07) is 17.6. The Morgan fingerprint density at radius 3 is 2.52 bits per heavy atom. The van der Waals surface area contributed by atoms with E-state index in [-0.39, 0.29) is 5.91 Å². The molecule has 27 heavy (non-hydrogen) atoms. The minimum Gasteiger partial charge on any atom is -0.497 e. The van der Waals surface area contributed by atoms with Crippen LogP contribution in [0.15, 0.2) is 60.8 Å². The fourth-order valence-electron chi connectivity index (χ4n) is 3.49. The van der Waals surface area contributed by atoms with Gasteiger partial charge in [-0.1, -0.05) is 30.3 Å². The highest BCUT2D eigenvalue weighted by molar-refractivity contribution is 6.00. The van der Waals surface area contributed by atoms with Gasteiger partial charge < -0.3 is 9.64 Å². The van der Waals surface area contributed by atoms with Gasteiger partial charge in [0.05, 0.1) is 18.4 Å². The number of likely N-dealkylation sites (tertiary alicyclic amines) is 1. The van der Waals surface area contributed by atoms with Gasteiger partial charge in [0.1, 0.15) is 11.4 Å². The molecule has 0 saturated carbocycles. The second-order valence-corrected chi connectivity index (χ2v) is 6.76. The molecule has 0 atom stereocenters. The second-order valence-electron chi connectivity index (χ2n) is 6.76. The first-order valence-corrected chi connectivity index (χ1v) is 9.35. The van der Waals surface area contributed by atoms with E-state index >= 15 is 0 Å². The first-order valence-electron chi connectivity index (χ1n) is 9.35. The number of amides is 1. The van der Waals surface area contributed by atoms with E-state index in [0.29, 0.717) is 11.3 Å². The van der Waals surface area contributed by atoms with Crippen LogP contribution >= 0.6 is 0 Å². The summed E-state index contributed by atoms with van der Waals surface area (Å²) in [5.41, 5.74) is 3.13. The van der Waals surface area contributed by atoms with Gasteiger partial charge in [0.25, 0.3) is 5.91 Å². The van der Waals surface area contributed by atoms with Crippen molar-refractivity contribution in [2.45, 2.75) is 19.3 Å². The number of hydrogen-bond acceptors (Lipinski definition) is 3. The summed E-state index contributed by atoms with van der Waals surface area (Å²) in [7, 11) is 1.64. The molecule has 1 saturated heterocycles. The van der Waals surface area contributed by atoms with Gasteiger partial charge >= 0.3 is 0 Å². The van der Waals surface area contributed by atoms with Crippen LogP contribution in [0.4, 0.5) is 0 Å². The number of methoxy groups -OCH3 is 1. The molecule has 0 radical (unpaired) electrons. The van der Waals surface area contributed by atoms with Gasteiger partial charge in [0.2, 0.25) is 0 Å². The summed E-state index contributed by atoms with van der Waals surface area (Å²) < 4.78 is 7.14. The maximum Gasteiger partial charge on any atom is 0.257 e. The highest BCUT2D eigenvalue weighted by atomic mass is 16.5. The van der Waals surface area contributed by atoms with Crippen molar-refractivity contribution < 1.29 is 9.53 Å². The van der Waals surface area contributed by atoms with Gasteiger partial charge in [0, 0.05) is 24.8 Å². The summed E-state index contributed by atoms with van der Waals surface area (Å²) in [4.78, 5) is 15.2. The molecule has 2 heterocycles. The number of carbonyl (C=O) groups is 1. The number of piperidine rings is 1. The van der Waals surface area contributed by atoms with Gasteiger partial charge in [-0.15, -0.1) is 0 Å². The van der Waals surface area contributed by atoms with Crippen molar-refractivity contribution in [3.05, 3.63) is 66.4 Å². The van der Waals surface area contributed by atoms with Crippen LogP contribution < -0.4 is 4.74 Å². The quantitative estimate of drug-likeness (QED) is 0.701. The zero-order valence-corrected chi connectivity index (χ0v) is 15.5. The Balaban J connectivity index is 1.79. The molecule has 1 fully saturated rings. The molecule has 138 valence electrons. The summed E-state index contributed by atoms with van der Waals surface area (Å²) in [6.07, 6.45) is 5.16. The van der Waals surface area contributed by atoms with Crippen molar-refractivity contribution in [1.29, 1.82) is 0 Å². The monoisotopic (exact) mass is 361 g/mol. The van der Waals surface area contributed by atoms with E-state index < -0.39 is 0 Å². The third-order valence-corrected chi connectivity index (χ3v) is 4.95. The molecule has 1 amide bonds. The van der Waals surface area contributed by atoms with Crippen LogP contribution in [0.5, 0.6) is 5.75 Å². The largest absolute Gasteiger partial charge is 0.497 e. The van der Waals surface area contributed by atoms with Gasteiger partial charge in [-0.05, 0) is 43.5 Å². The number of ether oxygens (including phenoxy) is 1. The Bertz CT molecular complexity index is 928. The molecule has 5 heteroatoms.